The molecule has 1 saturated carbocycles. The first-order valence-corrected chi connectivity index (χ1v) is 13.2. The second-order valence-corrected chi connectivity index (χ2v) is 11.3. The van der Waals surface area contributed by atoms with Gasteiger partial charge in [-0.1, -0.05) is 71.1 Å². The van der Waals surface area contributed by atoms with Crippen LogP contribution in [-0.2, 0) is 20.2 Å². The Morgan fingerprint density at radius 3 is 2.57 bits per heavy atom. The van der Waals surface area contributed by atoms with Gasteiger partial charge in [-0.2, -0.15) is 0 Å². The van der Waals surface area contributed by atoms with E-state index < -0.39 is 21.0 Å². The van der Waals surface area contributed by atoms with Gasteiger partial charge in [0.25, 0.3) is 10.0 Å². The number of hydrogen-bond donors (Lipinski definition) is 0. The van der Waals surface area contributed by atoms with Crippen molar-refractivity contribution in [3.05, 3.63) is 72.3 Å². The van der Waals surface area contributed by atoms with Gasteiger partial charge in [0, 0.05) is 11.0 Å². The molecular formula is C23H21IN2O3S. The predicted octanol–water partition coefficient (Wildman–Crippen LogP) is 3.50. The van der Waals surface area contributed by atoms with Crippen LogP contribution in [0.25, 0.3) is 0 Å². The molecule has 1 spiro atoms. The number of hydrogen-bond acceptors (Lipinski definition) is 3. The highest BCUT2D eigenvalue weighted by atomic mass is 127. The Hall–Kier alpha value is -1.87. The largest absolute Gasteiger partial charge is 0.335 e. The van der Waals surface area contributed by atoms with Crippen LogP contribution in [-0.4, -0.2) is 41.8 Å². The molecule has 4 aliphatic rings. The zero-order chi connectivity index (χ0) is 20.7. The van der Waals surface area contributed by atoms with Gasteiger partial charge >= 0.3 is 0 Å². The minimum absolute atomic E-state index is 0.0798. The molecule has 154 valence electrons. The van der Waals surface area contributed by atoms with E-state index in [9.17, 15) is 13.2 Å². The van der Waals surface area contributed by atoms with E-state index in [0.29, 0.717) is 6.42 Å². The van der Waals surface area contributed by atoms with Gasteiger partial charge < -0.3 is 4.90 Å². The number of para-hydroxylation sites is 1. The highest BCUT2D eigenvalue weighted by molar-refractivity contribution is 14.1. The summed E-state index contributed by atoms with van der Waals surface area (Å²) < 4.78 is 30.4. The van der Waals surface area contributed by atoms with Crippen LogP contribution in [0.2, 0.25) is 0 Å². The lowest BCUT2D eigenvalue weighted by Crippen LogP contribution is -2.54. The predicted molar refractivity (Wildman–Crippen MR) is 123 cm³/mol. The molecule has 0 radical (unpaired) electrons. The van der Waals surface area contributed by atoms with Crippen molar-refractivity contribution in [2.24, 2.45) is 5.92 Å². The molecule has 2 aromatic carbocycles. The van der Waals surface area contributed by atoms with Gasteiger partial charge in [-0.05, 0) is 36.6 Å². The average molecular weight is 532 g/mol. The number of fused-ring (bicyclic) bond motifs is 1. The number of carbonyl (C=O) groups excluding carboxylic acids is 1. The Labute approximate surface area is 189 Å². The summed E-state index contributed by atoms with van der Waals surface area (Å²) in [5, 5.41) is 0. The van der Waals surface area contributed by atoms with Crippen LogP contribution < -0.4 is 4.31 Å². The molecule has 30 heavy (non-hydrogen) atoms. The average Bonchev–Trinajstić information content (AvgIpc) is 3.16. The lowest BCUT2D eigenvalue weighted by molar-refractivity contribution is -0.131. The molecule has 4 atom stereocenters. The van der Waals surface area contributed by atoms with E-state index in [2.05, 4.69) is 34.7 Å². The number of carbonyl (C=O) groups is 1. The monoisotopic (exact) mass is 532 g/mol. The van der Waals surface area contributed by atoms with Gasteiger partial charge in [-0.25, -0.2) is 8.42 Å². The molecule has 0 aromatic heterocycles. The van der Waals surface area contributed by atoms with Crippen molar-refractivity contribution in [3.8, 4) is 0 Å². The van der Waals surface area contributed by atoms with Crippen molar-refractivity contribution in [2.75, 3.05) is 15.3 Å². The van der Waals surface area contributed by atoms with Crippen LogP contribution >= 0.6 is 22.6 Å². The normalized spacial score (nSPS) is 32.8. The summed E-state index contributed by atoms with van der Waals surface area (Å²) in [5.41, 5.74) is 0.551. The van der Waals surface area contributed by atoms with Crippen LogP contribution in [0, 0.1) is 5.92 Å². The highest BCUT2D eigenvalue weighted by Gasteiger charge is 2.93. The SMILES string of the molecule is O=C1C2C34c5ccccc5N(S(=O)(=O)c5ccccc5)C23CC=CC4N1CCCI. The van der Waals surface area contributed by atoms with Gasteiger partial charge in [-0.15, -0.1) is 0 Å². The van der Waals surface area contributed by atoms with Crippen LogP contribution in [0.15, 0.2) is 71.6 Å². The topological polar surface area (TPSA) is 57.7 Å². The molecule has 6 rings (SSSR count). The summed E-state index contributed by atoms with van der Waals surface area (Å²) >= 11 is 2.34. The summed E-state index contributed by atoms with van der Waals surface area (Å²) in [6, 6.07) is 16.3. The number of sulfonamides is 1. The maximum Gasteiger partial charge on any atom is 0.264 e. The molecule has 4 unspecified atom stereocenters. The van der Waals surface area contributed by atoms with E-state index in [1.165, 1.54) is 0 Å². The zero-order valence-electron chi connectivity index (χ0n) is 16.2. The summed E-state index contributed by atoms with van der Waals surface area (Å²) in [6.45, 7) is 0.721. The number of rotatable bonds is 5. The Morgan fingerprint density at radius 1 is 1.07 bits per heavy atom. The van der Waals surface area contributed by atoms with Gasteiger partial charge in [0.2, 0.25) is 5.91 Å². The second kappa shape index (κ2) is 6.09. The first-order chi connectivity index (χ1) is 14.5. The lowest BCUT2D eigenvalue weighted by atomic mass is 9.81. The Balaban J connectivity index is 1.57. The van der Waals surface area contributed by atoms with E-state index in [-0.39, 0.29) is 22.8 Å². The number of likely N-dealkylation sites (tertiary alicyclic amines) is 1. The molecule has 2 aliphatic heterocycles. The first kappa shape index (κ1) is 18.9. The minimum Gasteiger partial charge on any atom is -0.335 e. The number of alkyl halides is 1. The molecule has 2 fully saturated rings. The van der Waals surface area contributed by atoms with Crippen molar-refractivity contribution < 1.29 is 13.2 Å². The molecule has 1 saturated heterocycles. The van der Waals surface area contributed by atoms with Crippen LogP contribution in [0.5, 0.6) is 0 Å². The third-order valence-electron chi connectivity index (χ3n) is 7.39. The van der Waals surface area contributed by atoms with Crippen LogP contribution in [0.3, 0.4) is 0 Å². The van der Waals surface area contributed by atoms with Crippen LogP contribution in [0.4, 0.5) is 5.69 Å². The molecule has 7 heteroatoms. The number of anilines is 1. The molecule has 0 N–H and O–H groups in total. The maximum atomic E-state index is 13.9. The van der Waals surface area contributed by atoms with Gasteiger partial charge in [0.05, 0.1) is 33.5 Å². The van der Waals surface area contributed by atoms with Gasteiger partial charge in [0.1, 0.15) is 0 Å². The van der Waals surface area contributed by atoms with Crippen molar-refractivity contribution in [3.63, 3.8) is 0 Å². The fourth-order valence-corrected chi connectivity index (χ4v) is 8.72. The molecular weight excluding hydrogens is 511 g/mol. The number of piperidine rings is 1. The smallest absolute Gasteiger partial charge is 0.264 e. The summed E-state index contributed by atoms with van der Waals surface area (Å²) in [4.78, 5) is 15.8. The molecule has 1 amide bonds. The van der Waals surface area contributed by atoms with Gasteiger partial charge in [-0.3, -0.25) is 9.10 Å². The van der Waals surface area contributed by atoms with E-state index in [1.54, 1.807) is 28.6 Å². The van der Waals surface area contributed by atoms with Crippen molar-refractivity contribution in [2.45, 2.75) is 34.7 Å². The summed E-state index contributed by atoms with van der Waals surface area (Å²) in [5.74, 6) is -0.204. The van der Waals surface area contributed by atoms with Gasteiger partial charge in [0.15, 0.2) is 0 Å². The number of amides is 1. The molecule has 2 heterocycles. The van der Waals surface area contributed by atoms with Crippen LogP contribution in [0.1, 0.15) is 18.4 Å². The Kier molecular flexibility index (Phi) is 3.83. The quantitative estimate of drug-likeness (QED) is 0.337. The van der Waals surface area contributed by atoms with Crippen molar-refractivity contribution >= 4 is 44.2 Å². The first-order valence-electron chi connectivity index (χ1n) is 10.3. The molecule has 2 aromatic rings. The second-order valence-electron chi connectivity index (χ2n) is 8.48. The molecule has 0 bridgehead atoms. The minimum atomic E-state index is -3.80. The van der Waals surface area contributed by atoms with Crippen molar-refractivity contribution in [1.29, 1.82) is 0 Å². The Bertz CT molecular complexity index is 1200. The zero-order valence-corrected chi connectivity index (χ0v) is 19.2. The highest BCUT2D eigenvalue weighted by Crippen LogP contribution is 2.81. The fourth-order valence-electron chi connectivity index (χ4n) is 6.49. The van der Waals surface area contributed by atoms with E-state index in [0.717, 1.165) is 28.6 Å². The number of benzene rings is 2. The third-order valence-corrected chi connectivity index (χ3v) is 10.0. The lowest BCUT2D eigenvalue weighted by Gasteiger charge is -2.39. The fraction of sp³-hybridized carbons (Fsp3) is 0.348. The molecule has 5 nitrogen and oxygen atoms in total. The maximum absolute atomic E-state index is 13.9. The van der Waals surface area contributed by atoms with E-state index >= 15 is 0 Å². The van der Waals surface area contributed by atoms with E-state index in [4.69, 9.17) is 0 Å². The standard InChI is InChI=1S/C23H21IN2O3S/c24-14-7-15-25-19-12-6-13-22-20(21(25)27)23(19,22)17-10-4-5-11-18(17)26(22)30(28,29)16-8-2-1-3-9-16/h1-6,8-12,19-20H,7,13-15H2. The molecule has 2 aliphatic carbocycles. The number of halogens is 1. The third kappa shape index (κ3) is 1.90. The van der Waals surface area contributed by atoms with Crippen molar-refractivity contribution in [1.82, 2.24) is 4.90 Å². The Morgan fingerprint density at radius 2 is 1.80 bits per heavy atom. The number of nitrogens with zero attached hydrogens (tertiary/aromatic N) is 2. The van der Waals surface area contributed by atoms with E-state index in [1.807, 2.05) is 35.2 Å². The summed E-state index contributed by atoms with van der Waals surface area (Å²) in [6.07, 6.45) is 5.75. The summed E-state index contributed by atoms with van der Waals surface area (Å²) in [7, 11) is -3.80.